The van der Waals surface area contributed by atoms with Crippen LogP contribution in [0.4, 0.5) is 11.4 Å². The van der Waals surface area contributed by atoms with E-state index in [1.54, 1.807) is 31.3 Å². The minimum absolute atomic E-state index is 0.145. The molecular formula is C16H16BrN3O2. The Labute approximate surface area is 137 Å². The first-order chi connectivity index (χ1) is 10.6. The van der Waals surface area contributed by atoms with Gasteiger partial charge in [0.25, 0.3) is 5.91 Å². The molecule has 0 aliphatic heterocycles. The van der Waals surface area contributed by atoms with E-state index in [-0.39, 0.29) is 18.4 Å². The predicted octanol–water partition coefficient (Wildman–Crippen LogP) is 2.86. The van der Waals surface area contributed by atoms with Crippen molar-refractivity contribution in [3.63, 3.8) is 0 Å². The van der Waals surface area contributed by atoms with Crippen LogP contribution in [0.3, 0.4) is 0 Å². The number of anilines is 2. The third-order valence-electron chi connectivity index (χ3n) is 2.93. The summed E-state index contributed by atoms with van der Waals surface area (Å²) in [6.45, 7) is 0.145. The Morgan fingerprint density at radius 3 is 2.45 bits per heavy atom. The minimum Gasteiger partial charge on any atom is -0.376 e. The van der Waals surface area contributed by atoms with E-state index >= 15 is 0 Å². The Bertz CT molecular complexity index is 671. The van der Waals surface area contributed by atoms with E-state index in [2.05, 4.69) is 31.9 Å². The number of carbonyl (C=O) groups excluding carboxylic acids is 2. The summed E-state index contributed by atoms with van der Waals surface area (Å²) in [5.74, 6) is -0.374. The van der Waals surface area contributed by atoms with Crippen LogP contribution in [0.25, 0.3) is 0 Å². The van der Waals surface area contributed by atoms with Crippen molar-refractivity contribution in [3.05, 3.63) is 58.6 Å². The van der Waals surface area contributed by atoms with Gasteiger partial charge in [0.15, 0.2) is 0 Å². The Morgan fingerprint density at radius 1 is 1.05 bits per heavy atom. The third kappa shape index (κ3) is 4.60. The van der Waals surface area contributed by atoms with E-state index in [1.807, 2.05) is 24.3 Å². The van der Waals surface area contributed by atoms with Crippen LogP contribution >= 0.6 is 15.9 Å². The average Bonchev–Trinajstić information content (AvgIpc) is 2.54. The van der Waals surface area contributed by atoms with Gasteiger partial charge in [-0.05, 0) is 42.5 Å². The van der Waals surface area contributed by atoms with Gasteiger partial charge in [-0.15, -0.1) is 0 Å². The molecule has 0 aliphatic carbocycles. The molecule has 0 aliphatic rings. The molecule has 114 valence electrons. The lowest BCUT2D eigenvalue weighted by Crippen LogP contribution is -2.22. The summed E-state index contributed by atoms with van der Waals surface area (Å²) >= 11 is 3.35. The quantitative estimate of drug-likeness (QED) is 0.766. The van der Waals surface area contributed by atoms with Gasteiger partial charge in [-0.1, -0.05) is 22.0 Å². The smallest absolute Gasteiger partial charge is 0.251 e. The minimum atomic E-state index is -0.191. The standard InChI is InChI=1S/C16H16BrN3O2/c1-18-16(22)11-3-2-4-14(9-11)20-15(21)10-19-13-7-5-12(17)6-8-13/h2-9,19H,10H2,1H3,(H,18,22)(H,20,21). The maximum atomic E-state index is 11.9. The van der Waals surface area contributed by atoms with Gasteiger partial charge in [0, 0.05) is 28.5 Å². The molecule has 5 nitrogen and oxygen atoms in total. The first-order valence-electron chi connectivity index (χ1n) is 6.70. The van der Waals surface area contributed by atoms with Gasteiger partial charge in [0.2, 0.25) is 5.91 Å². The fourth-order valence-electron chi connectivity index (χ4n) is 1.84. The van der Waals surface area contributed by atoms with Crippen molar-refractivity contribution in [1.29, 1.82) is 0 Å². The maximum Gasteiger partial charge on any atom is 0.251 e. The number of carbonyl (C=O) groups is 2. The van der Waals surface area contributed by atoms with Crippen LogP contribution < -0.4 is 16.0 Å². The topological polar surface area (TPSA) is 70.2 Å². The van der Waals surface area contributed by atoms with Gasteiger partial charge in [0.1, 0.15) is 0 Å². The Hall–Kier alpha value is -2.34. The summed E-state index contributed by atoms with van der Waals surface area (Å²) in [4.78, 5) is 23.5. The first-order valence-corrected chi connectivity index (χ1v) is 7.49. The summed E-state index contributed by atoms with van der Waals surface area (Å²) in [5, 5.41) is 8.33. The molecule has 0 fully saturated rings. The number of benzene rings is 2. The third-order valence-corrected chi connectivity index (χ3v) is 3.46. The van der Waals surface area contributed by atoms with Gasteiger partial charge in [-0.25, -0.2) is 0 Å². The molecule has 0 saturated carbocycles. The van der Waals surface area contributed by atoms with Gasteiger partial charge >= 0.3 is 0 Å². The van der Waals surface area contributed by atoms with Gasteiger partial charge in [-0.2, -0.15) is 0 Å². The normalized spacial score (nSPS) is 9.91. The lowest BCUT2D eigenvalue weighted by atomic mass is 10.2. The number of rotatable bonds is 5. The molecule has 22 heavy (non-hydrogen) atoms. The van der Waals surface area contributed by atoms with Crippen molar-refractivity contribution < 1.29 is 9.59 Å². The molecule has 2 amide bonds. The van der Waals surface area contributed by atoms with Crippen LogP contribution in [-0.4, -0.2) is 25.4 Å². The largest absolute Gasteiger partial charge is 0.376 e. The Kier molecular flexibility index (Phi) is 5.55. The van der Waals surface area contributed by atoms with E-state index in [9.17, 15) is 9.59 Å². The number of hydrogen-bond donors (Lipinski definition) is 3. The highest BCUT2D eigenvalue weighted by atomic mass is 79.9. The number of nitrogens with one attached hydrogen (secondary N) is 3. The van der Waals surface area contributed by atoms with Crippen LogP contribution in [0.2, 0.25) is 0 Å². The zero-order valence-corrected chi connectivity index (χ0v) is 13.6. The highest BCUT2D eigenvalue weighted by molar-refractivity contribution is 9.10. The van der Waals surface area contributed by atoms with Crippen molar-refractivity contribution in [1.82, 2.24) is 5.32 Å². The van der Waals surface area contributed by atoms with E-state index in [1.165, 1.54) is 0 Å². The fourth-order valence-corrected chi connectivity index (χ4v) is 2.10. The Balaban J connectivity index is 1.91. The molecule has 0 radical (unpaired) electrons. The van der Waals surface area contributed by atoms with Crippen LogP contribution in [0.5, 0.6) is 0 Å². The van der Waals surface area contributed by atoms with E-state index < -0.39 is 0 Å². The van der Waals surface area contributed by atoms with E-state index in [0.717, 1.165) is 10.2 Å². The fraction of sp³-hybridized carbons (Fsp3) is 0.125. The summed E-state index contributed by atoms with van der Waals surface area (Å²) in [6, 6.07) is 14.3. The number of halogens is 1. The SMILES string of the molecule is CNC(=O)c1cccc(NC(=O)CNc2ccc(Br)cc2)c1. The molecule has 2 aromatic carbocycles. The van der Waals surface area contributed by atoms with Crippen molar-refractivity contribution in [2.24, 2.45) is 0 Å². The van der Waals surface area contributed by atoms with Crippen LogP contribution in [0.1, 0.15) is 10.4 Å². The van der Waals surface area contributed by atoms with Gasteiger partial charge < -0.3 is 16.0 Å². The zero-order chi connectivity index (χ0) is 15.9. The molecule has 0 aromatic heterocycles. The predicted molar refractivity (Wildman–Crippen MR) is 91.1 cm³/mol. The zero-order valence-electron chi connectivity index (χ0n) is 12.0. The molecule has 0 heterocycles. The number of amides is 2. The monoisotopic (exact) mass is 361 g/mol. The van der Waals surface area contributed by atoms with E-state index in [0.29, 0.717) is 11.3 Å². The lowest BCUT2D eigenvalue weighted by molar-refractivity contribution is -0.114. The first kappa shape index (κ1) is 16.0. The second-order valence-corrected chi connectivity index (χ2v) is 5.48. The van der Waals surface area contributed by atoms with Crippen molar-refractivity contribution in [3.8, 4) is 0 Å². The van der Waals surface area contributed by atoms with Gasteiger partial charge in [0.05, 0.1) is 6.54 Å². The highest BCUT2D eigenvalue weighted by Gasteiger charge is 2.06. The molecule has 6 heteroatoms. The summed E-state index contributed by atoms with van der Waals surface area (Å²) in [5.41, 5.74) is 1.95. The van der Waals surface area contributed by atoms with Crippen LogP contribution in [0, 0.1) is 0 Å². The van der Waals surface area contributed by atoms with Crippen LogP contribution in [0.15, 0.2) is 53.0 Å². The summed E-state index contributed by atoms with van der Waals surface area (Å²) in [7, 11) is 1.57. The lowest BCUT2D eigenvalue weighted by Gasteiger charge is -2.09. The highest BCUT2D eigenvalue weighted by Crippen LogP contribution is 2.14. The van der Waals surface area contributed by atoms with Crippen molar-refractivity contribution in [2.45, 2.75) is 0 Å². The average molecular weight is 362 g/mol. The molecule has 0 saturated heterocycles. The second-order valence-electron chi connectivity index (χ2n) is 4.57. The van der Waals surface area contributed by atoms with Gasteiger partial charge in [-0.3, -0.25) is 9.59 Å². The van der Waals surface area contributed by atoms with E-state index in [4.69, 9.17) is 0 Å². The molecular weight excluding hydrogens is 346 g/mol. The summed E-state index contributed by atoms with van der Waals surface area (Å²) in [6.07, 6.45) is 0. The molecule has 0 bridgehead atoms. The molecule has 2 aromatic rings. The number of hydrogen-bond acceptors (Lipinski definition) is 3. The molecule has 2 rings (SSSR count). The molecule has 0 spiro atoms. The van der Waals surface area contributed by atoms with Crippen molar-refractivity contribution >= 4 is 39.1 Å². The van der Waals surface area contributed by atoms with Crippen molar-refractivity contribution in [2.75, 3.05) is 24.2 Å². The Morgan fingerprint density at radius 2 is 1.77 bits per heavy atom. The molecule has 3 N–H and O–H groups in total. The molecule has 0 atom stereocenters. The molecule has 0 unspecified atom stereocenters. The maximum absolute atomic E-state index is 11.9. The second kappa shape index (κ2) is 7.61. The summed E-state index contributed by atoms with van der Waals surface area (Å²) < 4.78 is 0.980. The van der Waals surface area contributed by atoms with Crippen LogP contribution in [-0.2, 0) is 4.79 Å².